The van der Waals surface area contributed by atoms with Crippen molar-refractivity contribution >= 4 is 29.3 Å². The third-order valence-corrected chi connectivity index (χ3v) is 3.89. The molecule has 0 aliphatic heterocycles. The lowest BCUT2D eigenvalue weighted by molar-refractivity contribution is -0.117. The third kappa shape index (κ3) is 4.94. The van der Waals surface area contributed by atoms with Crippen molar-refractivity contribution in [1.29, 1.82) is 0 Å². The Morgan fingerprint density at radius 3 is 2.36 bits per heavy atom. The lowest BCUT2D eigenvalue weighted by Crippen LogP contribution is -2.14. The number of carbonyl (C=O) groups is 2. The lowest BCUT2D eigenvalue weighted by Gasteiger charge is -2.07. The van der Waals surface area contributed by atoms with Crippen molar-refractivity contribution in [3.05, 3.63) is 60.2 Å². The van der Waals surface area contributed by atoms with E-state index in [4.69, 9.17) is 4.74 Å². The molecular formula is C20H20N2O3. The Morgan fingerprint density at radius 1 is 1.04 bits per heavy atom. The summed E-state index contributed by atoms with van der Waals surface area (Å²) >= 11 is 0. The first-order valence-corrected chi connectivity index (χ1v) is 8.18. The maximum atomic E-state index is 12.1. The van der Waals surface area contributed by atoms with Crippen molar-refractivity contribution in [3.63, 3.8) is 0 Å². The van der Waals surface area contributed by atoms with Crippen molar-refractivity contribution in [2.75, 3.05) is 17.7 Å². The van der Waals surface area contributed by atoms with Gasteiger partial charge in [-0.15, -0.1) is 0 Å². The summed E-state index contributed by atoms with van der Waals surface area (Å²) in [6.07, 6.45) is 5.11. The van der Waals surface area contributed by atoms with Gasteiger partial charge in [-0.25, -0.2) is 0 Å². The van der Waals surface area contributed by atoms with Gasteiger partial charge in [-0.3, -0.25) is 9.59 Å². The van der Waals surface area contributed by atoms with E-state index in [-0.39, 0.29) is 17.7 Å². The second-order valence-electron chi connectivity index (χ2n) is 5.94. The zero-order valence-electron chi connectivity index (χ0n) is 14.0. The Hall–Kier alpha value is -3.08. The number of benzene rings is 2. The average Bonchev–Trinajstić information content (AvgIpc) is 3.46. The number of amides is 2. The van der Waals surface area contributed by atoms with Crippen LogP contribution in [0.2, 0.25) is 0 Å². The van der Waals surface area contributed by atoms with Crippen LogP contribution in [0.1, 0.15) is 18.4 Å². The van der Waals surface area contributed by atoms with Crippen molar-refractivity contribution in [2.24, 2.45) is 5.92 Å². The van der Waals surface area contributed by atoms with Crippen molar-refractivity contribution < 1.29 is 14.3 Å². The van der Waals surface area contributed by atoms with Gasteiger partial charge in [-0.05, 0) is 54.8 Å². The van der Waals surface area contributed by atoms with Gasteiger partial charge in [0.1, 0.15) is 5.75 Å². The molecule has 0 spiro atoms. The topological polar surface area (TPSA) is 67.4 Å². The van der Waals surface area contributed by atoms with Crippen LogP contribution in [0.3, 0.4) is 0 Å². The number of rotatable bonds is 6. The maximum absolute atomic E-state index is 12.1. The van der Waals surface area contributed by atoms with E-state index in [2.05, 4.69) is 10.6 Å². The van der Waals surface area contributed by atoms with Crippen LogP contribution in [-0.4, -0.2) is 18.9 Å². The Morgan fingerprint density at radius 2 is 1.72 bits per heavy atom. The van der Waals surface area contributed by atoms with E-state index < -0.39 is 0 Å². The lowest BCUT2D eigenvalue weighted by atomic mass is 10.2. The molecule has 0 heterocycles. The van der Waals surface area contributed by atoms with Crippen LogP contribution >= 0.6 is 0 Å². The van der Waals surface area contributed by atoms with Crippen LogP contribution in [-0.2, 0) is 9.59 Å². The van der Waals surface area contributed by atoms with Gasteiger partial charge in [0.05, 0.1) is 7.11 Å². The maximum Gasteiger partial charge on any atom is 0.248 e. The van der Waals surface area contributed by atoms with Crippen molar-refractivity contribution in [3.8, 4) is 5.75 Å². The van der Waals surface area contributed by atoms with E-state index >= 15 is 0 Å². The highest BCUT2D eigenvalue weighted by atomic mass is 16.5. The summed E-state index contributed by atoms with van der Waals surface area (Å²) in [5, 5.41) is 5.66. The molecule has 1 saturated carbocycles. The summed E-state index contributed by atoms with van der Waals surface area (Å²) in [5.41, 5.74) is 2.23. The fourth-order valence-corrected chi connectivity index (χ4v) is 2.34. The van der Waals surface area contributed by atoms with E-state index in [9.17, 15) is 9.59 Å². The molecule has 25 heavy (non-hydrogen) atoms. The molecule has 0 saturated heterocycles. The first-order chi connectivity index (χ1) is 12.1. The van der Waals surface area contributed by atoms with E-state index in [0.29, 0.717) is 11.4 Å². The molecular weight excluding hydrogens is 316 g/mol. The molecule has 1 aliphatic rings. The van der Waals surface area contributed by atoms with Gasteiger partial charge >= 0.3 is 0 Å². The monoisotopic (exact) mass is 336 g/mol. The van der Waals surface area contributed by atoms with Crippen LogP contribution < -0.4 is 15.4 Å². The second-order valence-corrected chi connectivity index (χ2v) is 5.94. The zero-order valence-corrected chi connectivity index (χ0v) is 14.0. The molecule has 0 bridgehead atoms. The highest BCUT2D eigenvalue weighted by Gasteiger charge is 2.29. The molecule has 5 nitrogen and oxygen atoms in total. The smallest absolute Gasteiger partial charge is 0.248 e. The Labute approximate surface area is 146 Å². The summed E-state index contributed by atoms with van der Waals surface area (Å²) < 4.78 is 5.10. The Balaban J connectivity index is 1.58. The second kappa shape index (κ2) is 7.66. The van der Waals surface area contributed by atoms with Crippen LogP contribution in [0.5, 0.6) is 5.75 Å². The van der Waals surface area contributed by atoms with Crippen LogP contribution in [0.15, 0.2) is 54.6 Å². The average molecular weight is 336 g/mol. The first kappa shape index (κ1) is 16.8. The summed E-state index contributed by atoms with van der Waals surface area (Å²) in [6, 6.07) is 14.6. The normalized spacial score (nSPS) is 13.5. The largest absolute Gasteiger partial charge is 0.497 e. The SMILES string of the molecule is COc1ccc(/C=C/C(=O)Nc2cccc(NC(=O)C3CC3)c2)cc1. The van der Waals surface area contributed by atoms with E-state index in [1.54, 1.807) is 31.4 Å². The number of carbonyl (C=O) groups excluding carboxylic acids is 2. The standard InChI is InChI=1S/C20H20N2O3/c1-25-18-10-5-14(6-11-18)7-12-19(23)21-16-3-2-4-17(13-16)22-20(24)15-8-9-15/h2-7,10-13,15H,8-9H2,1H3,(H,21,23)(H,22,24)/b12-7+. The first-order valence-electron chi connectivity index (χ1n) is 8.18. The molecule has 1 aliphatic carbocycles. The molecule has 0 radical (unpaired) electrons. The van der Waals surface area contributed by atoms with Gasteiger partial charge in [0.15, 0.2) is 0 Å². The minimum atomic E-state index is -0.235. The zero-order chi connectivity index (χ0) is 17.6. The van der Waals surface area contributed by atoms with E-state index in [0.717, 1.165) is 24.2 Å². The number of methoxy groups -OCH3 is 1. The molecule has 5 heteroatoms. The molecule has 2 aromatic rings. The summed E-state index contributed by atoms with van der Waals surface area (Å²) in [5.74, 6) is 0.724. The molecule has 0 aromatic heterocycles. The summed E-state index contributed by atoms with van der Waals surface area (Å²) in [4.78, 5) is 23.8. The minimum absolute atomic E-state index is 0.0443. The predicted molar refractivity (Wildman–Crippen MR) is 98.5 cm³/mol. The fourth-order valence-electron chi connectivity index (χ4n) is 2.34. The van der Waals surface area contributed by atoms with Crippen molar-refractivity contribution in [1.82, 2.24) is 0 Å². The summed E-state index contributed by atoms with van der Waals surface area (Å²) in [6.45, 7) is 0. The Bertz CT molecular complexity index is 793. The van der Waals surface area contributed by atoms with Gasteiger partial charge in [0.2, 0.25) is 11.8 Å². The highest BCUT2D eigenvalue weighted by Crippen LogP contribution is 2.30. The molecule has 0 unspecified atom stereocenters. The third-order valence-electron chi connectivity index (χ3n) is 3.89. The molecule has 0 atom stereocenters. The van der Waals surface area contributed by atoms with Gasteiger partial charge in [0.25, 0.3) is 0 Å². The molecule has 128 valence electrons. The van der Waals surface area contributed by atoms with E-state index in [1.807, 2.05) is 30.3 Å². The number of hydrogen-bond acceptors (Lipinski definition) is 3. The van der Waals surface area contributed by atoms with Crippen LogP contribution in [0, 0.1) is 5.92 Å². The molecule has 1 fully saturated rings. The van der Waals surface area contributed by atoms with E-state index in [1.165, 1.54) is 6.08 Å². The number of anilines is 2. The molecule has 2 amide bonds. The minimum Gasteiger partial charge on any atom is -0.497 e. The molecule has 2 aromatic carbocycles. The molecule has 3 rings (SSSR count). The number of hydrogen-bond donors (Lipinski definition) is 2. The highest BCUT2D eigenvalue weighted by molar-refractivity contribution is 6.02. The van der Waals surface area contributed by atoms with Gasteiger partial charge in [0, 0.05) is 23.4 Å². The number of nitrogens with one attached hydrogen (secondary N) is 2. The van der Waals surface area contributed by atoms with Crippen LogP contribution in [0.25, 0.3) is 6.08 Å². The summed E-state index contributed by atoms with van der Waals surface area (Å²) in [7, 11) is 1.61. The van der Waals surface area contributed by atoms with Crippen LogP contribution in [0.4, 0.5) is 11.4 Å². The fraction of sp³-hybridized carbons (Fsp3) is 0.200. The van der Waals surface area contributed by atoms with Gasteiger partial charge < -0.3 is 15.4 Å². The quantitative estimate of drug-likeness (QED) is 0.791. The Kier molecular flexibility index (Phi) is 5.14. The molecule has 2 N–H and O–H groups in total. The van der Waals surface area contributed by atoms with Gasteiger partial charge in [-0.2, -0.15) is 0 Å². The predicted octanol–water partition coefficient (Wildman–Crippen LogP) is 3.70. The van der Waals surface area contributed by atoms with Gasteiger partial charge in [-0.1, -0.05) is 18.2 Å². The number of ether oxygens (including phenoxy) is 1. The van der Waals surface area contributed by atoms with Crippen molar-refractivity contribution in [2.45, 2.75) is 12.8 Å².